The van der Waals surface area contributed by atoms with Gasteiger partial charge in [0.15, 0.2) is 5.82 Å². The monoisotopic (exact) mass is 492 g/mol. The second-order valence-electron chi connectivity index (χ2n) is 9.65. The van der Waals surface area contributed by atoms with Crippen molar-refractivity contribution in [1.29, 1.82) is 0 Å². The molecule has 0 aliphatic carbocycles. The summed E-state index contributed by atoms with van der Waals surface area (Å²) in [5.74, 6) is 1.63. The molecular formula is C27H30F2N6O. The first-order chi connectivity index (χ1) is 17.4. The van der Waals surface area contributed by atoms with Gasteiger partial charge in [0.2, 0.25) is 5.89 Å². The molecule has 7 nitrogen and oxygen atoms in total. The Balaban J connectivity index is 1.43. The maximum absolute atomic E-state index is 14.8. The second kappa shape index (κ2) is 10.3. The molecule has 1 aliphatic heterocycles. The van der Waals surface area contributed by atoms with Crippen LogP contribution in [0.4, 0.5) is 14.6 Å². The fourth-order valence-corrected chi connectivity index (χ4v) is 4.87. The number of piperidine rings is 1. The fourth-order valence-electron chi connectivity index (χ4n) is 4.87. The average Bonchev–Trinajstić information content (AvgIpc) is 3.33. The Bertz CT molecular complexity index is 1360. The van der Waals surface area contributed by atoms with E-state index in [0.29, 0.717) is 45.8 Å². The summed E-state index contributed by atoms with van der Waals surface area (Å²) in [5.41, 5.74) is 2.33. The van der Waals surface area contributed by atoms with E-state index in [1.165, 1.54) is 24.5 Å². The summed E-state index contributed by atoms with van der Waals surface area (Å²) in [7, 11) is 3.78. The first-order valence-electron chi connectivity index (χ1n) is 12.4. The highest BCUT2D eigenvalue weighted by Crippen LogP contribution is 2.35. The third-order valence-electron chi connectivity index (χ3n) is 6.64. The molecule has 36 heavy (non-hydrogen) atoms. The lowest BCUT2D eigenvalue weighted by atomic mass is 9.95. The zero-order valence-corrected chi connectivity index (χ0v) is 20.8. The summed E-state index contributed by atoms with van der Waals surface area (Å²) in [4.78, 5) is 17.6. The van der Waals surface area contributed by atoms with Gasteiger partial charge >= 0.3 is 0 Å². The minimum Gasteiger partial charge on any atom is -0.356 e. The number of anilines is 1. The van der Waals surface area contributed by atoms with E-state index in [1.54, 1.807) is 6.07 Å². The van der Waals surface area contributed by atoms with E-state index in [-0.39, 0.29) is 11.7 Å². The third kappa shape index (κ3) is 4.93. The molecular weight excluding hydrogens is 462 g/mol. The minimum absolute atomic E-state index is 0.222. The SMILES string of the molecule is CCCc1nc(C2CCN(c3ncnc4c(-c5ccc(CN(C)C)c(F)c5)cc(F)cc34)CC2)no1. The number of hydrogen-bond acceptors (Lipinski definition) is 7. The highest BCUT2D eigenvalue weighted by Gasteiger charge is 2.27. The highest BCUT2D eigenvalue weighted by molar-refractivity contribution is 5.99. The zero-order valence-electron chi connectivity index (χ0n) is 20.8. The normalized spacial score (nSPS) is 14.8. The minimum atomic E-state index is -0.406. The number of benzene rings is 2. The maximum Gasteiger partial charge on any atom is 0.226 e. The van der Waals surface area contributed by atoms with Crippen LogP contribution in [0.3, 0.4) is 0 Å². The predicted molar refractivity (Wildman–Crippen MR) is 135 cm³/mol. The van der Waals surface area contributed by atoms with E-state index >= 15 is 0 Å². The molecule has 0 spiro atoms. The van der Waals surface area contributed by atoms with Crippen molar-refractivity contribution >= 4 is 16.7 Å². The molecule has 188 valence electrons. The maximum atomic E-state index is 14.8. The lowest BCUT2D eigenvalue weighted by Gasteiger charge is -2.32. The number of nitrogens with zero attached hydrogens (tertiary/aromatic N) is 6. The van der Waals surface area contributed by atoms with Crippen LogP contribution in [0.15, 0.2) is 41.2 Å². The Kier molecular flexibility index (Phi) is 6.91. The molecule has 0 amide bonds. The fraction of sp³-hybridized carbons (Fsp3) is 0.407. The van der Waals surface area contributed by atoms with Crippen molar-refractivity contribution in [2.75, 3.05) is 32.1 Å². The van der Waals surface area contributed by atoms with Gasteiger partial charge in [0, 0.05) is 48.5 Å². The van der Waals surface area contributed by atoms with E-state index in [0.717, 1.165) is 44.6 Å². The van der Waals surface area contributed by atoms with Gasteiger partial charge in [0.1, 0.15) is 23.8 Å². The standard InChI is InChI=1S/C27H30F2N6O/c1-4-5-24-32-26(33-36-24)17-8-10-35(11-9-17)27-22-14-20(28)13-21(25(22)30-16-31-27)18-6-7-19(15-34(2)3)23(29)12-18/h6-7,12-14,16-17H,4-5,8-11,15H2,1-3H3. The van der Waals surface area contributed by atoms with Crippen molar-refractivity contribution in [3.63, 3.8) is 0 Å². The van der Waals surface area contributed by atoms with Crippen LogP contribution in [0.1, 0.15) is 49.4 Å². The summed E-state index contributed by atoms with van der Waals surface area (Å²) in [6, 6.07) is 7.90. The summed E-state index contributed by atoms with van der Waals surface area (Å²) in [6.45, 7) is 4.03. The number of hydrogen-bond donors (Lipinski definition) is 0. The molecule has 2 aromatic heterocycles. The van der Waals surface area contributed by atoms with E-state index in [1.807, 2.05) is 25.1 Å². The van der Waals surface area contributed by atoms with Crippen molar-refractivity contribution in [2.45, 2.75) is 45.1 Å². The first-order valence-corrected chi connectivity index (χ1v) is 12.4. The zero-order chi connectivity index (χ0) is 25.2. The van der Waals surface area contributed by atoms with Crippen molar-refractivity contribution in [2.24, 2.45) is 0 Å². The van der Waals surface area contributed by atoms with Crippen LogP contribution in [0.25, 0.3) is 22.0 Å². The van der Waals surface area contributed by atoms with Crippen molar-refractivity contribution in [3.8, 4) is 11.1 Å². The highest BCUT2D eigenvalue weighted by atomic mass is 19.1. The number of aromatic nitrogens is 4. The van der Waals surface area contributed by atoms with Crippen LogP contribution < -0.4 is 4.90 Å². The molecule has 0 saturated carbocycles. The molecule has 5 rings (SSSR count). The van der Waals surface area contributed by atoms with Crippen LogP contribution >= 0.6 is 0 Å². The molecule has 0 N–H and O–H groups in total. The number of halogens is 2. The molecule has 0 unspecified atom stereocenters. The average molecular weight is 493 g/mol. The summed E-state index contributed by atoms with van der Waals surface area (Å²) in [5, 5.41) is 4.80. The molecule has 1 saturated heterocycles. The van der Waals surface area contributed by atoms with Crippen LogP contribution in [0.5, 0.6) is 0 Å². The van der Waals surface area contributed by atoms with Gasteiger partial charge in [-0.2, -0.15) is 4.98 Å². The van der Waals surface area contributed by atoms with Gasteiger partial charge in [-0.05, 0) is 57.1 Å². The van der Waals surface area contributed by atoms with Gasteiger partial charge in [-0.1, -0.05) is 24.2 Å². The van der Waals surface area contributed by atoms with Gasteiger partial charge in [-0.25, -0.2) is 18.7 Å². The van der Waals surface area contributed by atoms with Gasteiger partial charge in [0.05, 0.1) is 5.52 Å². The first kappa shape index (κ1) is 24.2. The van der Waals surface area contributed by atoms with Crippen LogP contribution in [0, 0.1) is 11.6 Å². The lowest BCUT2D eigenvalue weighted by molar-refractivity contribution is 0.363. The molecule has 0 bridgehead atoms. The molecule has 3 heterocycles. The molecule has 2 aromatic carbocycles. The molecule has 9 heteroatoms. The van der Waals surface area contributed by atoms with Gasteiger partial charge in [-0.3, -0.25) is 0 Å². The van der Waals surface area contributed by atoms with Gasteiger partial charge in [-0.15, -0.1) is 0 Å². The van der Waals surface area contributed by atoms with Gasteiger partial charge in [0.25, 0.3) is 0 Å². The Morgan fingerprint density at radius 2 is 1.89 bits per heavy atom. The predicted octanol–water partition coefficient (Wildman–Crippen LogP) is 5.36. The summed E-state index contributed by atoms with van der Waals surface area (Å²) >= 11 is 0. The van der Waals surface area contributed by atoms with Gasteiger partial charge < -0.3 is 14.3 Å². The van der Waals surface area contributed by atoms with Crippen molar-refractivity contribution < 1.29 is 13.3 Å². The largest absolute Gasteiger partial charge is 0.356 e. The van der Waals surface area contributed by atoms with E-state index in [2.05, 4.69) is 31.9 Å². The van der Waals surface area contributed by atoms with Crippen molar-refractivity contribution in [1.82, 2.24) is 25.0 Å². The Labute approximate surface area is 209 Å². The third-order valence-corrected chi connectivity index (χ3v) is 6.64. The van der Waals surface area contributed by atoms with Crippen molar-refractivity contribution in [3.05, 3.63) is 65.6 Å². The lowest BCUT2D eigenvalue weighted by Crippen LogP contribution is -2.34. The topological polar surface area (TPSA) is 71.2 Å². The molecule has 4 aromatic rings. The van der Waals surface area contributed by atoms with Crippen LogP contribution in [-0.2, 0) is 13.0 Å². The number of rotatable bonds is 7. The van der Waals surface area contributed by atoms with E-state index in [9.17, 15) is 8.78 Å². The van der Waals surface area contributed by atoms with E-state index in [4.69, 9.17) is 4.52 Å². The quantitative estimate of drug-likeness (QED) is 0.344. The Morgan fingerprint density at radius 3 is 2.61 bits per heavy atom. The summed E-state index contributed by atoms with van der Waals surface area (Å²) < 4.78 is 35.0. The van der Waals surface area contributed by atoms with Crippen LogP contribution in [-0.4, -0.2) is 52.2 Å². The number of aryl methyl sites for hydroxylation is 1. The Morgan fingerprint density at radius 1 is 1.08 bits per heavy atom. The molecule has 1 aliphatic rings. The van der Waals surface area contributed by atoms with E-state index < -0.39 is 5.82 Å². The molecule has 0 atom stereocenters. The second-order valence-corrected chi connectivity index (χ2v) is 9.65. The number of fused-ring (bicyclic) bond motifs is 1. The molecule has 1 fully saturated rings. The van der Waals surface area contributed by atoms with Crippen LogP contribution in [0.2, 0.25) is 0 Å². The Hall–Kier alpha value is -3.46. The molecule has 0 radical (unpaired) electrons. The smallest absolute Gasteiger partial charge is 0.226 e. The summed E-state index contributed by atoms with van der Waals surface area (Å²) in [6.07, 6.45) is 4.94.